The summed E-state index contributed by atoms with van der Waals surface area (Å²) in [6, 6.07) is 5.54. The van der Waals surface area contributed by atoms with Gasteiger partial charge in [-0.3, -0.25) is 4.21 Å². The first-order valence-corrected chi connectivity index (χ1v) is 7.79. The van der Waals surface area contributed by atoms with Gasteiger partial charge in [0.1, 0.15) is 5.01 Å². The average molecular weight is 280 g/mol. The van der Waals surface area contributed by atoms with E-state index in [9.17, 15) is 4.21 Å². The van der Waals surface area contributed by atoms with Gasteiger partial charge < -0.3 is 5.73 Å². The molecule has 5 heteroatoms. The second kappa shape index (κ2) is 5.20. The molecule has 0 aliphatic heterocycles. The number of nitrogens with zero attached hydrogens (tertiary/aromatic N) is 1. The van der Waals surface area contributed by atoms with Gasteiger partial charge in [-0.05, 0) is 38.5 Å². The molecular weight excluding hydrogens is 264 g/mol. The number of hydrogen-bond donors (Lipinski definition) is 1. The predicted octanol–water partition coefficient (Wildman–Crippen LogP) is 2.96. The summed E-state index contributed by atoms with van der Waals surface area (Å²) in [5.74, 6) is 0.462. The van der Waals surface area contributed by atoms with Gasteiger partial charge in [-0.1, -0.05) is 6.07 Å². The molecule has 0 spiro atoms. The van der Waals surface area contributed by atoms with E-state index in [1.807, 2.05) is 39.0 Å². The molecule has 1 unspecified atom stereocenters. The van der Waals surface area contributed by atoms with Crippen molar-refractivity contribution >= 4 is 27.8 Å². The molecule has 1 aromatic carbocycles. The van der Waals surface area contributed by atoms with Gasteiger partial charge >= 0.3 is 0 Å². The zero-order chi connectivity index (χ0) is 13.3. The highest BCUT2D eigenvalue weighted by Gasteiger charge is 2.12. The van der Waals surface area contributed by atoms with Gasteiger partial charge in [0.25, 0.3) is 0 Å². The Labute approximate surface area is 114 Å². The summed E-state index contributed by atoms with van der Waals surface area (Å²) in [5, 5.41) is 0.921. The highest BCUT2D eigenvalue weighted by molar-refractivity contribution is 7.84. The molecule has 96 valence electrons. The fourth-order valence-electron chi connectivity index (χ4n) is 1.67. The number of nitrogen functional groups attached to an aromatic ring is 1. The van der Waals surface area contributed by atoms with Crippen LogP contribution in [0.3, 0.4) is 0 Å². The van der Waals surface area contributed by atoms with E-state index in [1.54, 1.807) is 11.3 Å². The number of nitrogens with two attached hydrogens (primary N) is 1. The maximum Gasteiger partial charge on any atom is 0.106 e. The van der Waals surface area contributed by atoms with Crippen LogP contribution in [0.1, 0.15) is 21.1 Å². The van der Waals surface area contributed by atoms with Crippen LogP contribution in [-0.4, -0.2) is 9.19 Å². The normalized spacial score (nSPS) is 12.6. The molecule has 1 heterocycles. The maximum atomic E-state index is 12.3. The van der Waals surface area contributed by atoms with Crippen molar-refractivity contribution < 1.29 is 4.21 Å². The average Bonchev–Trinajstić information content (AvgIpc) is 2.61. The Morgan fingerprint density at radius 1 is 1.33 bits per heavy atom. The number of benzene rings is 1. The molecule has 1 atom stereocenters. The third-order valence-electron chi connectivity index (χ3n) is 2.90. The standard InChI is InChI=1S/C13H16N2OS2/c1-8-11(14)5-4-6-12(8)18(16)7-13-15-9(2)10(3)17-13/h4-6H,7,14H2,1-3H3. The van der Waals surface area contributed by atoms with Crippen LogP contribution in [0.4, 0.5) is 5.69 Å². The molecule has 0 saturated heterocycles. The van der Waals surface area contributed by atoms with Gasteiger partial charge in [-0.2, -0.15) is 0 Å². The molecular formula is C13H16N2OS2. The van der Waals surface area contributed by atoms with Gasteiger partial charge in [0.2, 0.25) is 0 Å². The molecule has 0 aliphatic rings. The van der Waals surface area contributed by atoms with Gasteiger partial charge in [0.05, 0.1) is 22.2 Å². The zero-order valence-corrected chi connectivity index (χ0v) is 12.3. The lowest BCUT2D eigenvalue weighted by Crippen LogP contribution is -2.01. The number of anilines is 1. The largest absolute Gasteiger partial charge is 0.398 e. The van der Waals surface area contributed by atoms with Crippen LogP contribution in [-0.2, 0) is 16.6 Å². The lowest BCUT2D eigenvalue weighted by molar-refractivity contribution is 0.682. The Morgan fingerprint density at radius 3 is 2.67 bits per heavy atom. The first-order chi connectivity index (χ1) is 8.49. The second-order valence-electron chi connectivity index (χ2n) is 4.21. The minimum Gasteiger partial charge on any atom is -0.398 e. The number of rotatable bonds is 3. The molecule has 0 aliphatic carbocycles. The summed E-state index contributed by atoms with van der Waals surface area (Å²) < 4.78 is 12.3. The Balaban J connectivity index is 2.24. The predicted molar refractivity (Wildman–Crippen MR) is 77.3 cm³/mol. The fraction of sp³-hybridized carbons (Fsp3) is 0.308. The summed E-state index contributed by atoms with van der Waals surface area (Å²) >= 11 is 1.61. The SMILES string of the molecule is Cc1nc(CS(=O)c2cccc(N)c2C)sc1C. The summed E-state index contributed by atoms with van der Waals surface area (Å²) in [7, 11) is -1.08. The van der Waals surface area contributed by atoms with Crippen LogP contribution in [0, 0.1) is 20.8 Å². The third kappa shape index (κ3) is 2.62. The highest BCUT2D eigenvalue weighted by atomic mass is 32.2. The minimum atomic E-state index is -1.08. The Kier molecular flexibility index (Phi) is 3.82. The van der Waals surface area contributed by atoms with Gasteiger partial charge in [-0.15, -0.1) is 11.3 Å². The van der Waals surface area contributed by atoms with E-state index in [0.29, 0.717) is 11.4 Å². The van der Waals surface area contributed by atoms with Gasteiger partial charge in [0, 0.05) is 15.5 Å². The van der Waals surface area contributed by atoms with Crippen molar-refractivity contribution in [2.75, 3.05) is 5.73 Å². The number of aryl methyl sites for hydroxylation is 2. The van der Waals surface area contributed by atoms with E-state index in [0.717, 1.165) is 21.2 Å². The molecule has 18 heavy (non-hydrogen) atoms. The van der Waals surface area contributed by atoms with E-state index in [-0.39, 0.29) is 0 Å². The minimum absolute atomic E-state index is 0.462. The van der Waals surface area contributed by atoms with E-state index >= 15 is 0 Å². The zero-order valence-electron chi connectivity index (χ0n) is 10.7. The first kappa shape index (κ1) is 13.2. The second-order valence-corrected chi connectivity index (χ2v) is 6.92. The molecule has 0 saturated carbocycles. The fourth-order valence-corrected chi connectivity index (χ4v) is 4.09. The first-order valence-electron chi connectivity index (χ1n) is 5.65. The Bertz CT molecular complexity index is 586. The number of aromatic nitrogens is 1. The van der Waals surface area contributed by atoms with Crippen molar-refractivity contribution in [3.8, 4) is 0 Å². The topological polar surface area (TPSA) is 56.0 Å². The van der Waals surface area contributed by atoms with Crippen LogP contribution in [0.15, 0.2) is 23.1 Å². The lowest BCUT2D eigenvalue weighted by atomic mass is 10.2. The van der Waals surface area contributed by atoms with Crippen molar-refractivity contribution in [3.63, 3.8) is 0 Å². The maximum absolute atomic E-state index is 12.3. The molecule has 2 rings (SSSR count). The van der Waals surface area contributed by atoms with Crippen LogP contribution in [0.2, 0.25) is 0 Å². The molecule has 2 aromatic rings. The quantitative estimate of drug-likeness (QED) is 0.879. The summed E-state index contributed by atoms with van der Waals surface area (Å²) in [5.41, 5.74) is 8.45. The molecule has 0 radical (unpaired) electrons. The van der Waals surface area contributed by atoms with Crippen molar-refractivity contribution in [2.45, 2.75) is 31.4 Å². The molecule has 0 fully saturated rings. The van der Waals surface area contributed by atoms with Crippen molar-refractivity contribution in [1.29, 1.82) is 0 Å². The molecule has 0 bridgehead atoms. The van der Waals surface area contributed by atoms with Crippen molar-refractivity contribution in [1.82, 2.24) is 4.98 Å². The van der Waals surface area contributed by atoms with Gasteiger partial charge in [-0.25, -0.2) is 4.98 Å². The molecule has 0 amide bonds. The van der Waals surface area contributed by atoms with Crippen LogP contribution in [0.25, 0.3) is 0 Å². The molecule has 2 N–H and O–H groups in total. The number of thiazole rings is 1. The van der Waals surface area contributed by atoms with Crippen molar-refractivity contribution in [2.24, 2.45) is 0 Å². The highest BCUT2D eigenvalue weighted by Crippen LogP contribution is 2.23. The number of hydrogen-bond acceptors (Lipinski definition) is 4. The summed E-state index contributed by atoms with van der Waals surface area (Å²) in [4.78, 5) is 6.41. The van der Waals surface area contributed by atoms with Crippen LogP contribution in [0.5, 0.6) is 0 Å². The van der Waals surface area contributed by atoms with E-state index in [4.69, 9.17) is 5.73 Å². The Morgan fingerprint density at radius 2 is 2.06 bits per heavy atom. The van der Waals surface area contributed by atoms with Gasteiger partial charge in [0.15, 0.2) is 0 Å². The lowest BCUT2D eigenvalue weighted by Gasteiger charge is -2.06. The Hall–Kier alpha value is -1.20. The monoisotopic (exact) mass is 280 g/mol. The smallest absolute Gasteiger partial charge is 0.106 e. The molecule has 3 nitrogen and oxygen atoms in total. The molecule has 1 aromatic heterocycles. The summed E-state index contributed by atoms with van der Waals surface area (Å²) in [6.07, 6.45) is 0. The van der Waals surface area contributed by atoms with E-state index in [2.05, 4.69) is 4.98 Å². The summed E-state index contributed by atoms with van der Waals surface area (Å²) in [6.45, 7) is 5.91. The third-order valence-corrected chi connectivity index (χ3v) is 5.62. The van der Waals surface area contributed by atoms with E-state index < -0.39 is 10.8 Å². The van der Waals surface area contributed by atoms with Crippen LogP contribution < -0.4 is 5.73 Å². The van der Waals surface area contributed by atoms with E-state index in [1.165, 1.54) is 4.88 Å². The van der Waals surface area contributed by atoms with Crippen LogP contribution >= 0.6 is 11.3 Å². The van der Waals surface area contributed by atoms with Crippen molar-refractivity contribution in [3.05, 3.63) is 39.3 Å².